The predicted molar refractivity (Wildman–Crippen MR) is 382 cm³/mol. The van der Waals surface area contributed by atoms with E-state index in [0.717, 1.165) is 90.3 Å². The molecule has 0 bridgehead atoms. The number of aromatic nitrogens is 2. The predicted octanol–water partition coefficient (Wildman–Crippen LogP) is 10.3. The van der Waals surface area contributed by atoms with Crippen LogP contribution in [0.2, 0.25) is 10.0 Å². The average molecular weight is 1470 g/mol. The summed E-state index contributed by atoms with van der Waals surface area (Å²) >= 11 is 15.3. The van der Waals surface area contributed by atoms with E-state index in [-0.39, 0.29) is 56.0 Å². The zero-order chi connectivity index (χ0) is 70.1. The van der Waals surface area contributed by atoms with Gasteiger partial charge < -0.3 is 45.6 Å². The molecular formula is C70H82Cl2N10O13S4. The molecule has 0 radical (unpaired) electrons. The van der Waals surface area contributed by atoms with Crippen molar-refractivity contribution in [3.8, 4) is 10.4 Å². The summed E-state index contributed by atoms with van der Waals surface area (Å²) in [5.74, 6) is -3.95. The van der Waals surface area contributed by atoms with Crippen molar-refractivity contribution in [1.29, 1.82) is 0 Å². The van der Waals surface area contributed by atoms with Gasteiger partial charge in [-0.1, -0.05) is 132 Å². The first-order valence-electron chi connectivity index (χ1n) is 33.7. The molecule has 4 saturated carbocycles. The van der Waals surface area contributed by atoms with Gasteiger partial charge in [0.25, 0.3) is 16.3 Å². The van der Waals surface area contributed by atoms with Crippen LogP contribution in [0.15, 0.2) is 121 Å². The molecule has 2 saturated heterocycles. The monoisotopic (exact) mass is 1470 g/mol. The van der Waals surface area contributed by atoms with E-state index in [1.165, 1.54) is 27.6 Å². The fourth-order valence-corrected chi connectivity index (χ4v) is 17.3. The third kappa shape index (κ3) is 16.5. The number of carboxylic acids is 1. The molecule has 4 aromatic carbocycles. The summed E-state index contributed by atoms with van der Waals surface area (Å²) in [6, 6.07) is 26.7. The molecule has 6 aromatic rings. The minimum Gasteiger partial charge on any atom is -0.479 e. The number of primary sulfonamides is 1. The number of allylic oxidation sites excluding steroid dienone is 2. The number of hydrogen-bond acceptors (Lipinski definition) is 18. The number of thiazole rings is 2. The Hall–Kier alpha value is -7.40. The number of nitrogens with one attached hydrogen (secondary N) is 5. The third-order valence-electron chi connectivity index (χ3n) is 20.2. The highest BCUT2D eigenvalue weighted by Crippen LogP contribution is 2.49. The van der Waals surface area contributed by atoms with Crippen molar-refractivity contribution >= 4 is 133 Å². The summed E-state index contributed by atoms with van der Waals surface area (Å²) in [4.78, 5) is 95.0. The number of hydrogen-bond donors (Lipinski definition) is 7. The number of anilines is 2. The molecule has 4 aliphatic heterocycles. The lowest BCUT2D eigenvalue weighted by atomic mass is 10.0. The number of nitrogens with two attached hydrogens (primary N) is 1. The minimum atomic E-state index is -3.93. The van der Waals surface area contributed by atoms with Crippen LogP contribution in [-0.2, 0) is 48.8 Å². The van der Waals surface area contributed by atoms with E-state index in [1.54, 1.807) is 43.0 Å². The summed E-state index contributed by atoms with van der Waals surface area (Å²) in [6.45, 7) is 3.60. The highest BCUT2D eigenvalue weighted by molar-refractivity contribution is 7.91. The van der Waals surface area contributed by atoms with Crippen molar-refractivity contribution in [3.05, 3.63) is 131 Å². The maximum Gasteiger partial charge on any atom is 0.330 e. The van der Waals surface area contributed by atoms with Crippen molar-refractivity contribution in [2.45, 2.75) is 186 Å². The first-order chi connectivity index (χ1) is 47.2. The summed E-state index contributed by atoms with van der Waals surface area (Å²) in [6.07, 6.45) is 18.1. The fourth-order valence-electron chi connectivity index (χ4n) is 13.2. The molecule has 14 rings (SSSR count). The van der Waals surface area contributed by atoms with Crippen LogP contribution in [0.1, 0.15) is 129 Å². The minimum absolute atomic E-state index is 0.135. The highest BCUT2D eigenvalue weighted by atomic mass is 35.5. The molecule has 6 fully saturated rings. The number of aliphatic carboxylic acids is 1. The molecule has 528 valence electrons. The normalized spacial score (nSPS) is 28.7. The van der Waals surface area contributed by atoms with E-state index in [1.807, 2.05) is 97.1 Å². The van der Waals surface area contributed by atoms with Gasteiger partial charge in [0, 0.05) is 46.1 Å². The van der Waals surface area contributed by atoms with E-state index in [4.69, 9.17) is 37.8 Å². The van der Waals surface area contributed by atoms with E-state index in [2.05, 4.69) is 36.0 Å². The Kier molecular flexibility index (Phi) is 21.1. The lowest BCUT2D eigenvalue weighted by molar-refractivity contribution is -0.145. The van der Waals surface area contributed by atoms with E-state index in [0.29, 0.717) is 58.2 Å². The first kappa shape index (κ1) is 71.4. The number of carboxylic acid groups (broad SMARTS) is 1. The number of fused-ring (bicyclic) bond motifs is 6. The average Bonchev–Trinajstić information content (AvgIpc) is 1.56. The molecule has 23 nitrogen and oxygen atoms in total. The fraction of sp³-hybridized carbons (Fsp3) is 0.486. The van der Waals surface area contributed by atoms with Crippen LogP contribution in [0.25, 0.3) is 20.4 Å². The third-order valence-corrected chi connectivity index (χ3v) is 26.4. The molecule has 5 amide bonds. The van der Waals surface area contributed by atoms with Crippen LogP contribution >= 0.6 is 45.9 Å². The molecule has 10 atom stereocenters. The molecule has 8 aliphatic rings. The van der Waals surface area contributed by atoms with Gasteiger partial charge in [-0.15, -0.1) is 0 Å². The number of amides is 5. The number of ether oxygens (including phenoxy) is 2. The first-order valence-corrected chi connectivity index (χ1v) is 39.2. The van der Waals surface area contributed by atoms with Crippen LogP contribution in [0.5, 0.6) is 10.4 Å². The zero-order valence-corrected chi connectivity index (χ0v) is 59.7. The molecule has 29 heteroatoms. The number of para-hydroxylation sites is 2. The van der Waals surface area contributed by atoms with E-state index >= 15 is 0 Å². The zero-order valence-electron chi connectivity index (χ0n) is 54.9. The Morgan fingerprint density at radius 3 is 1.48 bits per heavy atom. The number of halogens is 2. The van der Waals surface area contributed by atoms with Gasteiger partial charge in [0.1, 0.15) is 47.5 Å². The molecule has 99 heavy (non-hydrogen) atoms. The van der Waals surface area contributed by atoms with Crippen molar-refractivity contribution in [3.63, 3.8) is 0 Å². The number of nitrogens with zero attached hydrogens (tertiary/aromatic N) is 4. The number of carbonyl (C=O) groups is 6. The van der Waals surface area contributed by atoms with Crippen molar-refractivity contribution in [1.82, 2.24) is 35.1 Å². The Bertz CT molecular complexity index is 4290. The summed E-state index contributed by atoms with van der Waals surface area (Å²) in [5, 5.41) is 29.4. The largest absolute Gasteiger partial charge is 0.479 e. The van der Waals surface area contributed by atoms with Crippen LogP contribution in [-0.4, -0.2) is 147 Å². The summed E-state index contributed by atoms with van der Waals surface area (Å²) in [5.41, 5.74) is 0.232. The Morgan fingerprint density at radius 2 is 1.06 bits per heavy atom. The topological polar surface area (TPSA) is 328 Å². The maximum absolute atomic E-state index is 14.5. The van der Waals surface area contributed by atoms with E-state index < -0.39 is 101 Å². The second kappa shape index (κ2) is 29.3. The van der Waals surface area contributed by atoms with Crippen LogP contribution in [0.3, 0.4) is 0 Å². The van der Waals surface area contributed by atoms with Crippen molar-refractivity contribution < 1.29 is 60.2 Å². The number of rotatable bonds is 13. The second-order valence-electron chi connectivity index (χ2n) is 27.6. The van der Waals surface area contributed by atoms with Gasteiger partial charge >= 0.3 is 5.97 Å². The SMILES string of the molecule is CC1(S(=O)(=O)NC(=O)[C@@]23C[C@H]2/C=C\CCCCC[C@H](Nc2cccc(Cl)c2)C(=O)N2C[C@H](Oc4nc5ccccc5s4)C[C@H]2C(=O)N3)CC1.CC1(S(N)(=O)=O)CC1.O=C1N[C@]2(C(=O)O)C[C@H]2/C=C\CCCCC[C@H](Nc2cccc(Cl)c2)C(=O)N2C[C@H](Oc3nc4ccccc4s3)C[C@@H]12. The number of carbonyl (C=O) groups excluding carboxylic acids is 5. The van der Waals surface area contributed by atoms with Gasteiger partial charge in [0.15, 0.2) is 0 Å². The van der Waals surface area contributed by atoms with Crippen molar-refractivity contribution in [2.24, 2.45) is 17.0 Å². The molecule has 2 aromatic heterocycles. The Balaban J connectivity index is 0.000000170. The summed E-state index contributed by atoms with van der Waals surface area (Å²) in [7, 11) is -7.16. The Labute approximate surface area is 593 Å². The van der Waals surface area contributed by atoms with Gasteiger partial charge in [-0.05, 0) is 152 Å². The van der Waals surface area contributed by atoms with Gasteiger partial charge in [-0.3, -0.25) is 28.7 Å². The standard InChI is InChI=1S/C35H40ClN5O6S2.C31H33ClN4O5S.C4H9NO2S/c1-34(16-17-34)49(45,46)40-32(44)35-20-22(35)10-5-3-2-4-6-14-27(37-24-12-9-11-23(36)18-24)31(43)41-21-25(19-28(41)30(42)39-35)47-33-38-26-13-7-8-15-29(26)48-33;32-20-10-8-11-21(15-20)33-24-13-5-3-1-2-4-9-19-17-31(19,29(39)40)35-27(37)25-16-22(18-36(25)28(24)38)41-30-34-23-12-6-7-14-26(23)42-30;1-4(2-3-4)8(5,6)7/h5,7-13,15,18,22,25,27-28,37H,2-4,6,14,16-17,19-21H2,1H3,(H,39,42)(H,40,44);4,6-12,14-15,19,22,24-25,33H,1-3,5,13,16-18H2,(H,35,37)(H,39,40);2-3H2,1H3,(H2,5,6,7)/b10-5-;9-4-;/t22-,25-,27+,28+,35-;19-,22-,24+,25+,31-;/m11./s1. The molecule has 0 spiro atoms. The van der Waals surface area contributed by atoms with Crippen molar-refractivity contribution in [2.75, 3.05) is 23.7 Å². The van der Waals surface area contributed by atoms with E-state index in [9.17, 15) is 50.7 Å². The molecule has 0 unspecified atom stereocenters. The lowest BCUT2D eigenvalue weighted by Crippen LogP contribution is -2.58. The highest BCUT2D eigenvalue weighted by Gasteiger charge is 2.64. The number of benzene rings is 4. The summed E-state index contributed by atoms with van der Waals surface area (Å²) < 4.78 is 62.4. The smallest absolute Gasteiger partial charge is 0.330 e. The van der Waals surface area contributed by atoms with Gasteiger partial charge in [0.2, 0.25) is 43.7 Å². The molecular weight excluding hydrogens is 1390 g/mol. The van der Waals surface area contributed by atoms with Crippen LogP contribution in [0.4, 0.5) is 11.4 Å². The van der Waals surface area contributed by atoms with Crippen LogP contribution in [0, 0.1) is 11.8 Å². The number of sulfonamides is 2. The molecule has 6 heterocycles. The van der Waals surface area contributed by atoms with Gasteiger partial charge in [-0.2, -0.15) is 0 Å². The lowest BCUT2D eigenvalue weighted by Gasteiger charge is -2.30. The molecule has 4 aliphatic carbocycles. The van der Waals surface area contributed by atoms with Crippen LogP contribution < -0.4 is 40.6 Å². The Morgan fingerprint density at radius 1 is 0.616 bits per heavy atom. The molecule has 8 N–H and O–H groups in total. The van der Waals surface area contributed by atoms with Gasteiger partial charge in [-0.25, -0.2) is 36.7 Å². The second-order valence-corrected chi connectivity index (χ2v) is 34.8. The maximum atomic E-state index is 14.5. The quantitative estimate of drug-likeness (QED) is 0.0529. The van der Waals surface area contributed by atoms with Gasteiger partial charge in [0.05, 0.1) is 43.0 Å².